The number of carbonyl (C=O) groups is 2. The summed E-state index contributed by atoms with van der Waals surface area (Å²) in [4.78, 5) is 32.9. The van der Waals surface area contributed by atoms with Crippen molar-refractivity contribution in [2.75, 3.05) is 13.6 Å². The van der Waals surface area contributed by atoms with Gasteiger partial charge in [0, 0.05) is 31.9 Å². The molecule has 2 amide bonds. The molecular weight excluding hydrogens is 342 g/mol. The highest BCUT2D eigenvalue weighted by Crippen LogP contribution is 2.25. The third-order valence-electron chi connectivity index (χ3n) is 5.55. The molecule has 4 rings (SSSR count). The second-order valence-corrected chi connectivity index (χ2v) is 7.53. The Morgan fingerprint density at radius 2 is 2.19 bits per heavy atom. The van der Waals surface area contributed by atoms with Crippen molar-refractivity contribution in [3.05, 3.63) is 47.0 Å². The van der Waals surface area contributed by atoms with Crippen LogP contribution in [0.1, 0.15) is 41.9 Å². The quantitative estimate of drug-likeness (QED) is 0.872. The van der Waals surface area contributed by atoms with Gasteiger partial charge in [-0.25, -0.2) is 0 Å². The highest BCUT2D eigenvalue weighted by Gasteiger charge is 2.36. The fourth-order valence-electron chi connectivity index (χ4n) is 4.07. The Kier molecular flexibility index (Phi) is 4.92. The lowest BCUT2D eigenvalue weighted by Crippen LogP contribution is -2.34. The second-order valence-electron chi connectivity index (χ2n) is 7.53. The Morgan fingerprint density at radius 3 is 3.00 bits per heavy atom. The molecule has 1 atom stereocenters. The van der Waals surface area contributed by atoms with Crippen LogP contribution in [0.2, 0.25) is 0 Å². The van der Waals surface area contributed by atoms with Gasteiger partial charge in [-0.15, -0.1) is 0 Å². The van der Waals surface area contributed by atoms with Crippen molar-refractivity contribution in [1.82, 2.24) is 25.0 Å². The number of aromatic amines is 1. The molecule has 0 saturated carbocycles. The molecule has 2 aromatic heterocycles. The largest absolute Gasteiger partial charge is 0.339 e. The van der Waals surface area contributed by atoms with Crippen molar-refractivity contribution in [1.29, 1.82) is 0 Å². The summed E-state index contributed by atoms with van der Waals surface area (Å²) < 4.78 is 0. The predicted octanol–water partition coefficient (Wildman–Crippen LogP) is 1.69. The number of amides is 2. The van der Waals surface area contributed by atoms with Crippen LogP contribution >= 0.6 is 0 Å². The van der Waals surface area contributed by atoms with Gasteiger partial charge in [0.2, 0.25) is 11.8 Å². The molecule has 7 nitrogen and oxygen atoms in total. The van der Waals surface area contributed by atoms with Gasteiger partial charge in [-0.2, -0.15) is 5.10 Å². The Labute approximate surface area is 158 Å². The highest BCUT2D eigenvalue weighted by molar-refractivity contribution is 5.89. The molecule has 1 aliphatic carbocycles. The summed E-state index contributed by atoms with van der Waals surface area (Å²) in [5, 5.41) is 7.55. The number of nitrogens with zero attached hydrogens (tertiary/aromatic N) is 4. The summed E-state index contributed by atoms with van der Waals surface area (Å²) in [5.41, 5.74) is 4.31. The molecule has 3 heterocycles. The number of carbonyl (C=O) groups excluding carboxylic acids is 2. The molecule has 1 N–H and O–H groups in total. The smallest absolute Gasteiger partial charge is 0.228 e. The Bertz CT molecular complexity index is 832. The number of aromatic nitrogens is 3. The van der Waals surface area contributed by atoms with Gasteiger partial charge in [0.1, 0.15) is 0 Å². The number of hydrogen-bond acceptors (Lipinski definition) is 4. The van der Waals surface area contributed by atoms with Gasteiger partial charge in [0.15, 0.2) is 0 Å². The zero-order valence-corrected chi connectivity index (χ0v) is 15.6. The maximum Gasteiger partial charge on any atom is 0.228 e. The number of likely N-dealkylation sites (tertiary alicyclic amines) is 1. The van der Waals surface area contributed by atoms with Crippen molar-refractivity contribution in [2.45, 2.75) is 45.2 Å². The third-order valence-corrected chi connectivity index (χ3v) is 5.55. The first kappa shape index (κ1) is 17.7. The van der Waals surface area contributed by atoms with E-state index in [1.807, 2.05) is 18.2 Å². The lowest BCUT2D eigenvalue weighted by Gasteiger charge is -2.21. The summed E-state index contributed by atoms with van der Waals surface area (Å²) in [7, 11) is 1.80. The first-order valence-corrected chi connectivity index (χ1v) is 9.59. The van der Waals surface area contributed by atoms with E-state index in [9.17, 15) is 9.59 Å². The van der Waals surface area contributed by atoms with Gasteiger partial charge >= 0.3 is 0 Å². The van der Waals surface area contributed by atoms with E-state index >= 15 is 0 Å². The zero-order chi connectivity index (χ0) is 18.8. The number of rotatable bonds is 5. The van der Waals surface area contributed by atoms with Crippen molar-refractivity contribution >= 4 is 11.8 Å². The summed E-state index contributed by atoms with van der Waals surface area (Å²) in [6.45, 7) is 1.41. The summed E-state index contributed by atoms with van der Waals surface area (Å²) in [5.74, 6) is -0.259. The van der Waals surface area contributed by atoms with Gasteiger partial charge < -0.3 is 9.80 Å². The van der Waals surface area contributed by atoms with Crippen LogP contribution in [0.15, 0.2) is 24.4 Å². The summed E-state index contributed by atoms with van der Waals surface area (Å²) >= 11 is 0. The topological polar surface area (TPSA) is 82.2 Å². The van der Waals surface area contributed by atoms with E-state index in [1.54, 1.807) is 23.0 Å². The van der Waals surface area contributed by atoms with E-state index in [1.165, 1.54) is 24.1 Å². The van der Waals surface area contributed by atoms with Crippen LogP contribution in [0.4, 0.5) is 0 Å². The molecule has 27 heavy (non-hydrogen) atoms. The minimum Gasteiger partial charge on any atom is -0.339 e. The maximum absolute atomic E-state index is 12.9. The predicted molar refractivity (Wildman–Crippen MR) is 99.5 cm³/mol. The Balaban J connectivity index is 1.38. The molecule has 2 aromatic rings. The molecule has 7 heteroatoms. The van der Waals surface area contributed by atoms with Crippen LogP contribution in [0.3, 0.4) is 0 Å². The lowest BCUT2D eigenvalue weighted by molar-refractivity contribution is -0.135. The monoisotopic (exact) mass is 367 g/mol. The van der Waals surface area contributed by atoms with Crippen LogP contribution < -0.4 is 0 Å². The lowest BCUT2D eigenvalue weighted by atomic mass is 9.96. The molecule has 1 fully saturated rings. The van der Waals surface area contributed by atoms with E-state index in [0.717, 1.165) is 24.2 Å². The van der Waals surface area contributed by atoms with Gasteiger partial charge in [0.25, 0.3) is 0 Å². The second kappa shape index (κ2) is 7.50. The number of aryl methyl sites for hydroxylation is 1. The van der Waals surface area contributed by atoms with Crippen LogP contribution in [0.25, 0.3) is 0 Å². The van der Waals surface area contributed by atoms with E-state index in [0.29, 0.717) is 19.6 Å². The zero-order valence-electron chi connectivity index (χ0n) is 15.6. The normalized spacial score (nSPS) is 19.2. The fraction of sp³-hybridized carbons (Fsp3) is 0.500. The molecule has 1 saturated heterocycles. The molecule has 142 valence electrons. The minimum absolute atomic E-state index is 0.0134. The number of hydrogen-bond donors (Lipinski definition) is 1. The molecular formula is C20H25N5O2. The maximum atomic E-state index is 12.9. The number of fused-ring (bicyclic) bond motifs is 1. The van der Waals surface area contributed by atoms with Crippen molar-refractivity contribution < 1.29 is 9.59 Å². The highest BCUT2D eigenvalue weighted by atomic mass is 16.2. The van der Waals surface area contributed by atoms with E-state index in [-0.39, 0.29) is 24.2 Å². The molecule has 0 spiro atoms. The van der Waals surface area contributed by atoms with Crippen LogP contribution in [0, 0.1) is 5.92 Å². The Hall–Kier alpha value is -2.70. The SMILES string of the molecule is CN(Cc1n[nH]c2c1CCCC2)C(=O)[C@H]1CC(=O)N(Cc2ccccn2)C1. The fourth-order valence-corrected chi connectivity index (χ4v) is 4.07. The van der Waals surface area contributed by atoms with Crippen LogP contribution in [0.5, 0.6) is 0 Å². The first-order valence-electron chi connectivity index (χ1n) is 9.59. The van der Waals surface area contributed by atoms with Gasteiger partial charge in [-0.3, -0.25) is 19.7 Å². The third kappa shape index (κ3) is 3.72. The summed E-state index contributed by atoms with van der Waals surface area (Å²) in [6, 6.07) is 5.66. The molecule has 0 unspecified atom stereocenters. The van der Waals surface area contributed by atoms with E-state index in [2.05, 4.69) is 15.2 Å². The minimum atomic E-state index is -0.291. The van der Waals surface area contributed by atoms with Gasteiger partial charge in [0.05, 0.1) is 30.4 Å². The van der Waals surface area contributed by atoms with Crippen molar-refractivity contribution in [3.63, 3.8) is 0 Å². The van der Waals surface area contributed by atoms with Crippen LogP contribution in [-0.2, 0) is 35.5 Å². The average molecular weight is 367 g/mol. The molecule has 2 aliphatic rings. The molecule has 0 bridgehead atoms. The van der Waals surface area contributed by atoms with Crippen molar-refractivity contribution in [2.24, 2.45) is 5.92 Å². The number of pyridine rings is 1. The van der Waals surface area contributed by atoms with E-state index < -0.39 is 0 Å². The average Bonchev–Trinajstić information content (AvgIpc) is 3.26. The van der Waals surface area contributed by atoms with Gasteiger partial charge in [-0.1, -0.05) is 6.07 Å². The van der Waals surface area contributed by atoms with Gasteiger partial charge in [-0.05, 0) is 43.4 Å². The standard InChI is InChI=1S/C20H25N5O2/c1-24(13-18-16-7-2-3-8-17(16)22-23-18)20(27)14-10-19(26)25(11-14)12-15-6-4-5-9-21-15/h4-6,9,14H,2-3,7-8,10-13H2,1H3,(H,22,23)/t14-/m0/s1. The van der Waals surface area contributed by atoms with Crippen LogP contribution in [-0.4, -0.2) is 50.4 Å². The first-order chi connectivity index (χ1) is 13.1. The molecule has 0 aromatic carbocycles. The number of nitrogens with one attached hydrogen (secondary N) is 1. The number of H-pyrrole nitrogens is 1. The Morgan fingerprint density at radius 1 is 1.33 bits per heavy atom. The van der Waals surface area contributed by atoms with E-state index in [4.69, 9.17) is 0 Å². The molecule has 0 radical (unpaired) electrons. The molecule has 1 aliphatic heterocycles. The summed E-state index contributed by atoms with van der Waals surface area (Å²) in [6.07, 6.45) is 6.44. The van der Waals surface area contributed by atoms with Crippen molar-refractivity contribution in [3.8, 4) is 0 Å².